The molecule has 0 saturated heterocycles. The molecule has 0 bridgehead atoms. The second-order valence-corrected chi connectivity index (χ2v) is 5.56. The lowest BCUT2D eigenvalue weighted by molar-refractivity contribution is -0.118. The fraction of sp³-hybridized carbons (Fsp3) is 0.133. The van der Waals surface area contributed by atoms with Crippen LogP contribution >= 0.6 is 27.5 Å². The Bertz CT molecular complexity index is 649. The van der Waals surface area contributed by atoms with Gasteiger partial charge in [-0.05, 0) is 46.3 Å². The molecule has 4 nitrogen and oxygen atoms in total. The van der Waals surface area contributed by atoms with Crippen molar-refractivity contribution in [3.8, 4) is 5.75 Å². The maximum atomic E-state index is 11.9. The predicted molar refractivity (Wildman–Crippen MR) is 87.6 cm³/mol. The molecule has 0 aliphatic carbocycles. The van der Waals surface area contributed by atoms with Gasteiger partial charge in [0.25, 0.3) is 5.91 Å². The number of nitrogens with two attached hydrogens (primary N) is 1. The fourth-order valence-corrected chi connectivity index (χ4v) is 2.32. The Morgan fingerprint density at radius 3 is 2.76 bits per heavy atom. The molecule has 1 amide bonds. The Hall–Kier alpha value is -1.56. The van der Waals surface area contributed by atoms with E-state index in [0.717, 1.165) is 10.0 Å². The minimum Gasteiger partial charge on any atom is -0.483 e. The van der Waals surface area contributed by atoms with Gasteiger partial charge in [0, 0.05) is 21.6 Å². The van der Waals surface area contributed by atoms with Gasteiger partial charge in [0.1, 0.15) is 5.75 Å². The molecule has 0 radical (unpaired) electrons. The topological polar surface area (TPSA) is 64.3 Å². The van der Waals surface area contributed by atoms with Crippen LogP contribution in [0.3, 0.4) is 0 Å². The zero-order valence-corrected chi connectivity index (χ0v) is 13.4. The van der Waals surface area contributed by atoms with Crippen LogP contribution in [0.2, 0.25) is 5.02 Å². The van der Waals surface area contributed by atoms with Gasteiger partial charge in [-0.15, -0.1) is 0 Å². The molecule has 0 fully saturated rings. The number of amides is 1. The van der Waals surface area contributed by atoms with Crippen LogP contribution in [-0.2, 0) is 11.3 Å². The molecule has 0 aromatic heterocycles. The second-order valence-electron chi connectivity index (χ2n) is 4.27. The summed E-state index contributed by atoms with van der Waals surface area (Å²) >= 11 is 9.25. The molecule has 2 rings (SSSR count). The normalized spacial score (nSPS) is 10.2. The average Bonchev–Trinajstić information content (AvgIpc) is 2.48. The molecule has 110 valence electrons. The van der Waals surface area contributed by atoms with Crippen molar-refractivity contribution < 1.29 is 9.53 Å². The highest BCUT2D eigenvalue weighted by molar-refractivity contribution is 9.10. The number of anilines is 1. The molecule has 0 aliphatic rings. The summed E-state index contributed by atoms with van der Waals surface area (Å²) in [6, 6.07) is 12.5. The van der Waals surface area contributed by atoms with Crippen molar-refractivity contribution in [1.82, 2.24) is 0 Å². The molecule has 0 spiro atoms. The summed E-state index contributed by atoms with van der Waals surface area (Å²) in [7, 11) is 0. The quantitative estimate of drug-likeness (QED) is 0.846. The maximum Gasteiger partial charge on any atom is 0.262 e. The lowest BCUT2D eigenvalue weighted by Gasteiger charge is -2.11. The van der Waals surface area contributed by atoms with Crippen LogP contribution in [0.5, 0.6) is 5.75 Å². The van der Waals surface area contributed by atoms with E-state index in [9.17, 15) is 4.79 Å². The zero-order valence-electron chi connectivity index (χ0n) is 11.1. The Kier molecular flexibility index (Phi) is 5.61. The van der Waals surface area contributed by atoms with Crippen LogP contribution in [0, 0.1) is 0 Å². The third-order valence-electron chi connectivity index (χ3n) is 2.75. The molecule has 2 aromatic carbocycles. The second kappa shape index (κ2) is 7.45. The van der Waals surface area contributed by atoms with E-state index in [1.54, 1.807) is 24.3 Å². The van der Waals surface area contributed by atoms with E-state index in [2.05, 4.69) is 21.2 Å². The molecule has 2 aromatic rings. The molecule has 3 N–H and O–H groups in total. The Balaban J connectivity index is 1.97. The van der Waals surface area contributed by atoms with E-state index in [-0.39, 0.29) is 12.5 Å². The van der Waals surface area contributed by atoms with Gasteiger partial charge in [-0.25, -0.2) is 0 Å². The number of rotatable bonds is 5. The lowest BCUT2D eigenvalue weighted by atomic mass is 10.2. The molecular weight excluding hydrogens is 356 g/mol. The van der Waals surface area contributed by atoms with Crippen LogP contribution in [-0.4, -0.2) is 12.5 Å². The minimum absolute atomic E-state index is 0.101. The Morgan fingerprint density at radius 2 is 2.05 bits per heavy atom. The number of ether oxygens (including phenoxy) is 1. The van der Waals surface area contributed by atoms with Crippen molar-refractivity contribution in [3.05, 3.63) is 57.5 Å². The van der Waals surface area contributed by atoms with Crippen LogP contribution in [0.1, 0.15) is 5.56 Å². The van der Waals surface area contributed by atoms with Crippen molar-refractivity contribution >= 4 is 39.1 Å². The van der Waals surface area contributed by atoms with Gasteiger partial charge < -0.3 is 15.8 Å². The van der Waals surface area contributed by atoms with E-state index in [1.807, 2.05) is 18.2 Å². The van der Waals surface area contributed by atoms with Gasteiger partial charge in [-0.2, -0.15) is 0 Å². The summed E-state index contributed by atoms with van der Waals surface area (Å²) in [5.74, 6) is 0.309. The van der Waals surface area contributed by atoms with Crippen LogP contribution < -0.4 is 15.8 Å². The third kappa shape index (κ3) is 4.46. The summed E-state index contributed by atoms with van der Waals surface area (Å²) in [6.07, 6.45) is 0. The third-order valence-corrected chi connectivity index (χ3v) is 3.68. The first-order valence-electron chi connectivity index (χ1n) is 6.26. The summed E-state index contributed by atoms with van der Waals surface area (Å²) in [5.41, 5.74) is 7.08. The van der Waals surface area contributed by atoms with E-state index >= 15 is 0 Å². The largest absolute Gasteiger partial charge is 0.483 e. The van der Waals surface area contributed by atoms with Gasteiger partial charge in [0.2, 0.25) is 0 Å². The van der Waals surface area contributed by atoms with Crippen molar-refractivity contribution in [1.29, 1.82) is 0 Å². The maximum absolute atomic E-state index is 11.9. The van der Waals surface area contributed by atoms with E-state index < -0.39 is 0 Å². The molecule has 6 heteroatoms. The number of carbonyl (C=O) groups excluding carboxylic acids is 1. The van der Waals surface area contributed by atoms with Crippen LogP contribution in [0.25, 0.3) is 0 Å². The lowest BCUT2D eigenvalue weighted by Crippen LogP contribution is -2.21. The van der Waals surface area contributed by atoms with Crippen molar-refractivity contribution in [2.45, 2.75) is 6.54 Å². The van der Waals surface area contributed by atoms with Gasteiger partial charge >= 0.3 is 0 Å². The van der Waals surface area contributed by atoms with Crippen LogP contribution in [0.15, 0.2) is 46.9 Å². The van der Waals surface area contributed by atoms with E-state index in [1.165, 1.54) is 0 Å². The molecule has 0 aliphatic heterocycles. The molecule has 0 heterocycles. The van der Waals surface area contributed by atoms with Crippen molar-refractivity contribution in [2.75, 3.05) is 11.9 Å². The number of benzene rings is 2. The number of hydrogen-bond donors (Lipinski definition) is 2. The van der Waals surface area contributed by atoms with Gasteiger partial charge in [-0.3, -0.25) is 4.79 Å². The average molecular weight is 370 g/mol. The SMILES string of the molecule is NCc1cc(Cl)ccc1OCC(=O)Nc1ccccc1Br. The summed E-state index contributed by atoms with van der Waals surface area (Å²) in [4.78, 5) is 11.9. The minimum atomic E-state index is -0.250. The molecule has 21 heavy (non-hydrogen) atoms. The fourth-order valence-electron chi connectivity index (χ4n) is 1.74. The molecule has 0 unspecified atom stereocenters. The van der Waals surface area contributed by atoms with Gasteiger partial charge in [0.15, 0.2) is 6.61 Å². The monoisotopic (exact) mass is 368 g/mol. The summed E-state index contributed by atoms with van der Waals surface area (Å²) in [6.45, 7) is 0.192. The smallest absolute Gasteiger partial charge is 0.262 e. The standard InChI is InChI=1S/C15H14BrClN2O2/c16-12-3-1-2-4-13(12)19-15(20)9-21-14-6-5-11(17)7-10(14)8-18/h1-7H,8-9,18H2,(H,19,20). The number of para-hydroxylation sites is 1. The van der Waals surface area contributed by atoms with Gasteiger partial charge in [0.05, 0.1) is 5.69 Å². The Morgan fingerprint density at radius 1 is 1.29 bits per heavy atom. The molecular formula is C15H14BrClN2O2. The highest BCUT2D eigenvalue weighted by Gasteiger charge is 2.08. The number of carbonyl (C=O) groups is 1. The first kappa shape index (κ1) is 15.8. The predicted octanol–water partition coefficient (Wildman–Crippen LogP) is 3.58. The molecule has 0 saturated carbocycles. The zero-order chi connectivity index (χ0) is 15.2. The molecule has 0 atom stereocenters. The Labute approximate surface area is 136 Å². The van der Waals surface area contributed by atoms with E-state index in [0.29, 0.717) is 23.0 Å². The van der Waals surface area contributed by atoms with E-state index in [4.69, 9.17) is 22.1 Å². The first-order valence-corrected chi connectivity index (χ1v) is 7.43. The number of halogens is 2. The van der Waals surface area contributed by atoms with Crippen molar-refractivity contribution in [3.63, 3.8) is 0 Å². The first-order chi connectivity index (χ1) is 10.1. The highest BCUT2D eigenvalue weighted by Crippen LogP contribution is 2.23. The number of nitrogens with one attached hydrogen (secondary N) is 1. The van der Waals surface area contributed by atoms with Crippen molar-refractivity contribution in [2.24, 2.45) is 5.73 Å². The number of hydrogen-bond acceptors (Lipinski definition) is 3. The van der Waals surface area contributed by atoms with Crippen LogP contribution in [0.4, 0.5) is 5.69 Å². The highest BCUT2D eigenvalue weighted by atomic mass is 79.9. The summed E-state index contributed by atoms with van der Waals surface area (Å²) in [5, 5.41) is 3.34. The van der Waals surface area contributed by atoms with Gasteiger partial charge in [-0.1, -0.05) is 23.7 Å². The summed E-state index contributed by atoms with van der Waals surface area (Å²) < 4.78 is 6.30.